The van der Waals surface area contributed by atoms with Crippen LogP contribution in [0.2, 0.25) is 0 Å². The van der Waals surface area contributed by atoms with Gasteiger partial charge in [0.25, 0.3) is 5.91 Å². The zero-order valence-corrected chi connectivity index (χ0v) is 10.2. The molecule has 1 aromatic carbocycles. The highest BCUT2D eigenvalue weighted by Gasteiger charge is 2.55. The minimum absolute atomic E-state index is 0.105. The van der Waals surface area contributed by atoms with Gasteiger partial charge in [0.1, 0.15) is 0 Å². The summed E-state index contributed by atoms with van der Waals surface area (Å²) < 4.78 is 37.4. The van der Waals surface area contributed by atoms with Crippen LogP contribution in [-0.2, 0) is 4.79 Å². The fourth-order valence-corrected chi connectivity index (χ4v) is 1.25. The Morgan fingerprint density at radius 2 is 2.00 bits per heavy atom. The lowest BCUT2D eigenvalue weighted by atomic mass is 10.0. The molecule has 0 radical (unpaired) electrons. The molecule has 102 valence electrons. The van der Waals surface area contributed by atoms with Gasteiger partial charge in [-0.05, 0) is 37.6 Å². The van der Waals surface area contributed by atoms with Crippen molar-refractivity contribution in [3.8, 4) is 6.07 Å². The number of amides is 1. The highest BCUT2D eigenvalue weighted by atomic mass is 19.4. The van der Waals surface area contributed by atoms with Crippen LogP contribution < -0.4 is 5.32 Å². The summed E-state index contributed by atoms with van der Waals surface area (Å²) in [7, 11) is 0. The number of alkyl halides is 3. The SMILES string of the molecule is Cc1cc(C#N)ccc1NC(=O)C(C)(O)C(F)(F)F. The van der Waals surface area contributed by atoms with E-state index in [-0.39, 0.29) is 5.69 Å². The third-order valence-electron chi connectivity index (χ3n) is 2.60. The molecule has 0 spiro atoms. The molecule has 0 saturated carbocycles. The van der Waals surface area contributed by atoms with E-state index in [1.165, 1.54) is 25.1 Å². The summed E-state index contributed by atoms with van der Waals surface area (Å²) in [5, 5.41) is 19.8. The molecule has 1 unspecified atom stereocenters. The number of carbonyl (C=O) groups is 1. The summed E-state index contributed by atoms with van der Waals surface area (Å²) >= 11 is 0. The maximum Gasteiger partial charge on any atom is 0.426 e. The second-order valence-corrected chi connectivity index (χ2v) is 4.17. The van der Waals surface area contributed by atoms with Gasteiger partial charge in [-0.1, -0.05) is 0 Å². The Kier molecular flexibility index (Phi) is 3.86. The highest BCUT2D eigenvalue weighted by Crippen LogP contribution is 2.31. The number of nitrogens with one attached hydrogen (secondary N) is 1. The van der Waals surface area contributed by atoms with Gasteiger partial charge in [0, 0.05) is 5.69 Å². The van der Waals surface area contributed by atoms with Crippen molar-refractivity contribution in [1.29, 1.82) is 5.26 Å². The summed E-state index contributed by atoms with van der Waals surface area (Å²) in [5.41, 5.74) is -2.63. The number of benzene rings is 1. The lowest BCUT2D eigenvalue weighted by Crippen LogP contribution is -2.52. The summed E-state index contributed by atoms with van der Waals surface area (Å²) in [5.74, 6) is -1.58. The first-order chi connectivity index (χ1) is 8.59. The first kappa shape index (κ1) is 15.0. The van der Waals surface area contributed by atoms with Crippen molar-refractivity contribution < 1.29 is 23.1 Å². The van der Waals surface area contributed by atoms with Gasteiger partial charge < -0.3 is 10.4 Å². The van der Waals surface area contributed by atoms with Gasteiger partial charge in [-0.15, -0.1) is 0 Å². The quantitative estimate of drug-likeness (QED) is 0.866. The average molecular weight is 272 g/mol. The van der Waals surface area contributed by atoms with Crippen LogP contribution in [0.15, 0.2) is 18.2 Å². The van der Waals surface area contributed by atoms with Crippen LogP contribution in [-0.4, -0.2) is 22.8 Å². The summed E-state index contributed by atoms with van der Waals surface area (Å²) in [6.07, 6.45) is -5.07. The minimum Gasteiger partial charge on any atom is -0.373 e. The number of nitriles is 1. The molecule has 1 amide bonds. The van der Waals surface area contributed by atoms with Gasteiger partial charge in [-0.25, -0.2) is 0 Å². The first-order valence-corrected chi connectivity index (χ1v) is 5.21. The highest BCUT2D eigenvalue weighted by molar-refractivity contribution is 5.98. The van der Waals surface area contributed by atoms with Crippen LogP contribution in [0.5, 0.6) is 0 Å². The Balaban J connectivity index is 2.99. The maximum atomic E-state index is 12.5. The number of halogens is 3. The smallest absolute Gasteiger partial charge is 0.373 e. The average Bonchev–Trinajstić information content (AvgIpc) is 2.30. The Bertz CT molecular complexity index is 545. The lowest BCUT2D eigenvalue weighted by molar-refractivity contribution is -0.242. The number of hydrogen-bond donors (Lipinski definition) is 2. The molecule has 1 atom stereocenters. The van der Waals surface area contributed by atoms with E-state index >= 15 is 0 Å². The fourth-order valence-electron chi connectivity index (χ4n) is 1.25. The fraction of sp³-hybridized carbons (Fsp3) is 0.333. The predicted molar refractivity (Wildman–Crippen MR) is 61.2 cm³/mol. The first-order valence-electron chi connectivity index (χ1n) is 5.21. The second-order valence-electron chi connectivity index (χ2n) is 4.17. The van der Waals surface area contributed by atoms with Crippen LogP contribution in [0.25, 0.3) is 0 Å². The normalized spacial score (nSPS) is 14.4. The number of aryl methyl sites for hydroxylation is 1. The van der Waals surface area contributed by atoms with E-state index in [1.807, 2.05) is 11.4 Å². The van der Waals surface area contributed by atoms with Crippen LogP contribution in [0.1, 0.15) is 18.1 Å². The predicted octanol–water partition coefficient (Wildman–Crippen LogP) is 2.12. The topological polar surface area (TPSA) is 73.1 Å². The monoisotopic (exact) mass is 272 g/mol. The van der Waals surface area contributed by atoms with Gasteiger partial charge in [0.2, 0.25) is 5.60 Å². The van der Waals surface area contributed by atoms with Crippen LogP contribution in [0.4, 0.5) is 18.9 Å². The minimum atomic E-state index is -5.07. The number of hydrogen-bond acceptors (Lipinski definition) is 3. The maximum absolute atomic E-state index is 12.5. The van der Waals surface area contributed by atoms with E-state index in [0.29, 0.717) is 18.1 Å². The number of nitrogens with zero attached hydrogens (tertiary/aromatic N) is 1. The van der Waals surface area contributed by atoms with Crippen molar-refractivity contribution in [3.63, 3.8) is 0 Å². The molecule has 2 N–H and O–H groups in total. The third-order valence-corrected chi connectivity index (χ3v) is 2.60. The van der Waals surface area contributed by atoms with Gasteiger partial charge >= 0.3 is 6.18 Å². The zero-order chi connectivity index (χ0) is 14.8. The van der Waals surface area contributed by atoms with E-state index in [0.717, 1.165) is 0 Å². The molecular weight excluding hydrogens is 261 g/mol. The number of aliphatic hydroxyl groups is 1. The van der Waals surface area contributed by atoms with Crippen molar-refractivity contribution in [2.24, 2.45) is 0 Å². The number of anilines is 1. The van der Waals surface area contributed by atoms with E-state index in [2.05, 4.69) is 0 Å². The van der Waals surface area contributed by atoms with Gasteiger partial charge in [0.15, 0.2) is 0 Å². The Morgan fingerprint density at radius 3 is 2.42 bits per heavy atom. The van der Waals surface area contributed by atoms with Gasteiger partial charge in [-0.2, -0.15) is 18.4 Å². The standard InChI is InChI=1S/C12H11F3N2O2/c1-7-5-8(6-16)3-4-9(7)17-10(18)11(2,19)12(13,14)15/h3-5,19H,1-2H3,(H,17,18). The Labute approximate surface area is 107 Å². The van der Waals surface area contributed by atoms with Crippen molar-refractivity contribution in [1.82, 2.24) is 0 Å². The van der Waals surface area contributed by atoms with Crippen molar-refractivity contribution in [2.45, 2.75) is 25.6 Å². The Hall–Kier alpha value is -2.07. The van der Waals surface area contributed by atoms with Crippen molar-refractivity contribution >= 4 is 11.6 Å². The van der Waals surface area contributed by atoms with E-state index in [4.69, 9.17) is 5.26 Å². The molecule has 1 rings (SSSR count). The van der Waals surface area contributed by atoms with Crippen molar-refractivity contribution in [3.05, 3.63) is 29.3 Å². The molecule has 0 bridgehead atoms. The Morgan fingerprint density at radius 1 is 1.42 bits per heavy atom. The van der Waals surface area contributed by atoms with E-state index < -0.39 is 17.7 Å². The molecule has 19 heavy (non-hydrogen) atoms. The van der Waals surface area contributed by atoms with Crippen LogP contribution >= 0.6 is 0 Å². The summed E-state index contributed by atoms with van der Waals surface area (Å²) in [6.45, 7) is 1.90. The summed E-state index contributed by atoms with van der Waals surface area (Å²) in [6, 6.07) is 5.93. The van der Waals surface area contributed by atoms with E-state index in [9.17, 15) is 23.1 Å². The molecular formula is C12H11F3N2O2. The van der Waals surface area contributed by atoms with Crippen LogP contribution in [0.3, 0.4) is 0 Å². The number of carbonyl (C=O) groups excluding carboxylic acids is 1. The van der Waals surface area contributed by atoms with Crippen LogP contribution in [0, 0.1) is 18.3 Å². The molecule has 0 saturated heterocycles. The molecule has 0 aliphatic rings. The largest absolute Gasteiger partial charge is 0.426 e. The third kappa shape index (κ3) is 3.03. The second kappa shape index (κ2) is 4.90. The number of rotatable bonds is 2. The van der Waals surface area contributed by atoms with E-state index in [1.54, 1.807) is 0 Å². The molecule has 4 nitrogen and oxygen atoms in total. The lowest BCUT2D eigenvalue weighted by Gasteiger charge is -2.25. The molecule has 0 aromatic heterocycles. The molecule has 0 aliphatic heterocycles. The molecule has 1 aromatic rings. The van der Waals surface area contributed by atoms with Gasteiger partial charge in [0.05, 0.1) is 11.6 Å². The zero-order valence-electron chi connectivity index (χ0n) is 10.2. The molecule has 0 heterocycles. The molecule has 0 aliphatic carbocycles. The summed E-state index contributed by atoms with van der Waals surface area (Å²) in [4.78, 5) is 11.4. The van der Waals surface area contributed by atoms with Gasteiger partial charge in [-0.3, -0.25) is 4.79 Å². The molecule has 7 heteroatoms. The molecule has 0 fully saturated rings. The van der Waals surface area contributed by atoms with Crippen molar-refractivity contribution in [2.75, 3.05) is 5.32 Å².